The smallest absolute Gasteiger partial charge is 0.350 e. The summed E-state index contributed by atoms with van der Waals surface area (Å²) in [6, 6.07) is 16.2. The molecule has 1 aliphatic heterocycles. The van der Waals surface area contributed by atoms with Crippen molar-refractivity contribution in [2.75, 3.05) is 4.90 Å². The van der Waals surface area contributed by atoms with Crippen LogP contribution >= 0.6 is 15.9 Å². The van der Waals surface area contributed by atoms with E-state index in [-0.39, 0.29) is 19.0 Å². The minimum absolute atomic E-state index is 0.185. The zero-order valence-electron chi connectivity index (χ0n) is 14.7. The minimum atomic E-state index is -0.615. The van der Waals surface area contributed by atoms with Gasteiger partial charge >= 0.3 is 11.7 Å². The number of carbonyl (C=O) groups is 2. The number of halogens is 1. The molecule has 4 rings (SSSR count). The Balaban J connectivity index is 1.44. The van der Waals surface area contributed by atoms with Crippen LogP contribution in [0.3, 0.4) is 0 Å². The van der Waals surface area contributed by atoms with Crippen molar-refractivity contribution in [2.45, 2.75) is 19.6 Å². The van der Waals surface area contributed by atoms with Crippen molar-refractivity contribution in [1.82, 2.24) is 19.7 Å². The van der Waals surface area contributed by atoms with Gasteiger partial charge in [-0.3, -0.25) is 9.69 Å². The maximum atomic E-state index is 12.6. The number of carbonyl (C=O) groups excluding carboxylic acids is 2. The SMILES string of the molecule is O=C(Cn1nc2n(c1=O)C(=O)N(c1ccccc1)C2)NCc1cccc(Br)c1. The van der Waals surface area contributed by atoms with Crippen molar-refractivity contribution in [2.24, 2.45) is 0 Å². The van der Waals surface area contributed by atoms with Crippen LogP contribution in [0.4, 0.5) is 10.5 Å². The standard InChI is InChI=1S/C19H16BrN5O3/c20-14-6-4-5-13(9-14)10-21-17(26)12-24-19(28)25-16(22-24)11-23(18(25)27)15-7-2-1-3-8-15/h1-9H,10-12H2,(H,21,26). The molecule has 9 heteroatoms. The number of hydrogen-bond donors (Lipinski definition) is 1. The second-order valence-corrected chi connectivity index (χ2v) is 7.22. The van der Waals surface area contributed by atoms with Crippen molar-refractivity contribution >= 4 is 33.6 Å². The summed E-state index contributed by atoms with van der Waals surface area (Å²) >= 11 is 3.38. The second-order valence-electron chi connectivity index (χ2n) is 6.30. The highest BCUT2D eigenvalue weighted by molar-refractivity contribution is 9.10. The molecule has 0 bridgehead atoms. The predicted octanol–water partition coefficient (Wildman–Crippen LogP) is 2.11. The first-order chi connectivity index (χ1) is 13.5. The Kier molecular flexibility index (Phi) is 4.82. The Morgan fingerprint density at radius 2 is 1.89 bits per heavy atom. The molecule has 2 aromatic carbocycles. The van der Waals surface area contributed by atoms with Gasteiger partial charge in [-0.05, 0) is 29.8 Å². The van der Waals surface area contributed by atoms with E-state index in [4.69, 9.17) is 0 Å². The number of fused-ring (bicyclic) bond motifs is 1. The molecule has 1 N–H and O–H groups in total. The molecule has 3 aromatic rings. The Morgan fingerprint density at radius 3 is 2.61 bits per heavy atom. The van der Waals surface area contributed by atoms with Crippen molar-refractivity contribution < 1.29 is 9.59 Å². The van der Waals surface area contributed by atoms with E-state index in [1.54, 1.807) is 12.1 Å². The van der Waals surface area contributed by atoms with E-state index in [1.807, 2.05) is 42.5 Å². The van der Waals surface area contributed by atoms with Gasteiger partial charge in [-0.15, -0.1) is 0 Å². The van der Waals surface area contributed by atoms with Crippen LogP contribution < -0.4 is 15.9 Å². The van der Waals surface area contributed by atoms with Crippen LogP contribution in [-0.2, 0) is 24.4 Å². The first kappa shape index (κ1) is 18.2. The van der Waals surface area contributed by atoms with E-state index in [2.05, 4.69) is 26.3 Å². The van der Waals surface area contributed by atoms with Crippen LogP contribution in [0, 0.1) is 0 Å². The number of hydrogen-bond acceptors (Lipinski definition) is 4. The van der Waals surface area contributed by atoms with Gasteiger partial charge < -0.3 is 5.32 Å². The molecule has 2 amide bonds. The summed E-state index contributed by atoms with van der Waals surface area (Å²) in [5.41, 5.74) is 1.00. The average molecular weight is 442 g/mol. The van der Waals surface area contributed by atoms with Crippen molar-refractivity contribution in [3.05, 3.63) is 80.9 Å². The second kappa shape index (κ2) is 7.43. The maximum Gasteiger partial charge on any atom is 0.354 e. The summed E-state index contributed by atoms with van der Waals surface area (Å²) in [5.74, 6) is -0.0372. The van der Waals surface area contributed by atoms with Crippen molar-refractivity contribution in [3.63, 3.8) is 0 Å². The Bertz CT molecular complexity index is 1110. The van der Waals surface area contributed by atoms with Gasteiger partial charge in [0.2, 0.25) is 5.91 Å². The third kappa shape index (κ3) is 3.48. The van der Waals surface area contributed by atoms with E-state index in [0.717, 1.165) is 19.3 Å². The van der Waals surface area contributed by atoms with Gasteiger partial charge in [0.15, 0.2) is 5.82 Å². The molecule has 0 aliphatic carbocycles. The molecule has 0 atom stereocenters. The molecule has 0 spiro atoms. The highest BCUT2D eigenvalue weighted by Gasteiger charge is 2.33. The number of amides is 2. The highest BCUT2D eigenvalue weighted by Crippen LogP contribution is 2.21. The van der Waals surface area contributed by atoms with Gasteiger partial charge in [0.1, 0.15) is 6.54 Å². The number of anilines is 1. The number of para-hydroxylation sites is 1. The van der Waals surface area contributed by atoms with Crippen LogP contribution in [0.5, 0.6) is 0 Å². The lowest BCUT2D eigenvalue weighted by molar-refractivity contribution is -0.122. The molecule has 28 heavy (non-hydrogen) atoms. The Hall–Kier alpha value is -3.20. The molecular weight excluding hydrogens is 426 g/mol. The van der Waals surface area contributed by atoms with Crippen molar-refractivity contribution in [1.29, 1.82) is 0 Å². The fraction of sp³-hybridized carbons (Fsp3) is 0.158. The third-order valence-corrected chi connectivity index (χ3v) is 4.86. The highest BCUT2D eigenvalue weighted by atomic mass is 79.9. The number of nitrogens with zero attached hydrogens (tertiary/aromatic N) is 4. The summed E-state index contributed by atoms with van der Waals surface area (Å²) in [4.78, 5) is 38.8. The van der Waals surface area contributed by atoms with Gasteiger partial charge in [0, 0.05) is 16.7 Å². The van der Waals surface area contributed by atoms with E-state index in [0.29, 0.717) is 18.1 Å². The lowest BCUT2D eigenvalue weighted by atomic mass is 10.2. The summed E-state index contributed by atoms with van der Waals surface area (Å²) in [6.45, 7) is 0.275. The van der Waals surface area contributed by atoms with Crippen LogP contribution in [0.25, 0.3) is 0 Å². The lowest BCUT2D eigenvalue weighted by Gasteiger charge is -2.14. The topological polar surface area (TPSA) is 89.2 Å². The summed E-state index contributed by atoms with van der Waals surface area (Å²) in [6.07, 6.45) is 0. The summed E-state index contributed by atoms with van der Waals surface area (Å²) < 4.78 is 2.95. The minimum Gasteiger partial charge on any atom is -0.350 e. The normalized spacial score (nSPS) is 12.9. The van der Waals surface area contributed by atoms with Crippen molar-refractivity contribution in [3.8, 4) is 0 Å². The molecular formula is C19H16BrN5O3. The molecule has 0 radical (unpaired) electrons. The number of nitrogens with one attached hydrogen (secondary N) is 1. The van der Waals surface area contributed by atoms with Crippen LogP contribution in [-0.4, -0.2) is 26.3 Å². The Morgan fingerprint density at radius 1 is 1.11 bits per heavy atom. The quantitative estimate of drug-likeness (QED) is 0.656. The van der Waals surface area contributed by atoms with Gasteiger partial charge in [0.25, 0.3) is 0 Å². The van der Waals surface area contributed by atoms with Gasteiger partial charge in [-0.2, -0.15) is 9.67 Å². The fourth-order valence-corrected chi connectivity index (χ4v) is 3.48. The van der Waals surface area contributed by atoms with E-state index in [1.165, 1.54) is 4.90 Å². The number of benzene rings is 2. The molecule has 1 aliphatic rings. The van der Waals surface area contributed by atoms with E-state index < -0.39 is 11.7 Å². The molecule has 1 aromatic heterocycles. The van der Waals surface area contributed by atoms with Gasteiger partial charge in [-0.25, -0.2) is 14.3 Å². The fourth-order valence-electron chi connectivity index (χ4n) is 3.03. The first-order valence-electron chi connectivity index (χ1n) is 8.60. The van der Waals surface area contributed by atoms with Crippen LogP contribution in [0.15, 0.2) is 63.9 Å². The largest absolute Gasteiger partial charge is 0.354 e. The molecule has 2 heterocycles. The summed E-state index contributed by atoms with van der Waals surface area (Å²) in [7, 11) is 0. The Labute approximate surface area is 168 Å². The zero-order valence-corrected chi connectivity index (χ0v) is 16.3. The molecule has 0 fully saturated rings. The zero-order chi connectivity index (χ0) is 19.7. The van der Waals surface area contributed by atoms with Gasteiger partial charge in [-0.1, -0.05) is 46.3 Å². The molecule has 142 valence electrons. The van der Waals surface area contributed by atoms with E-state index in [9.17, 15) is 14.4 Å². The molecule has 8 nitrogen and oxygen atoms in total. The average Bonchev–Trinajstić information content (AvgIpc) is 3.17. The number of aromatic nitrogens is 3. The maximum absolute atomic E-state index is 12.6. The molecule has 0 unspecified atom stereocenters. The summed E-state index contributed by atoms with van der Waals surface area (Å²) in [5, 5.41) is 6.91. The predicted molar refractivity (Wildman–Crippen MR) is 106 cm³/mol. The first-order valence-corrected chi connectivity index (χ1v) is 9.39. The third-order valence-electron chi connectivity index (χ3n) is 4.37. The van der Waals surface area contributed by atoms with Crippen LogP contribution in [0.2, 0.25) is 0 Å². The van der Waals surface area contributed by atoms with Crippen LogP contribution in [0.1, 0.15) is 11.4 Å². The molecule has 0 saturated heterocycles. The van der Waals surface area contributed by atoms with E-state index >= 15 is 0 Å². The molecule has 0 saturated carbocycles. The number of rotatable bonds is 5. The lowest BCUT2D eigenvalue weighted by Crippen LogP contribution is -2.37. The monoisotopic (exact) mass is 441 g/mol. The van der Waals surface area contributed by atoms with Gasteiger partial charge in [0.05, 0.1) is 6.54 Å².